The summed E-state index contributed by atoms with van der Waals surface area (Å²) in [6, 6.07) is 5.56. The molecule has 0 spiro atoms. The monoisotopic (exact) mass is 249 g/mol. The molecule has 2 aromatic rings. The molecule has 0 unspecified atom stereocenters. The zero-order valence-electron chi connectivity index (χ0n) is 10.3. The molecule has 0 bridgehead atoms. The number of pyridine rings is 1. The van der Waals surface area contributed by atoms with E-state index in [4.69, 9.17) is 9.47 Å². The van der Waals surface area contributed by atoms with Gasteiger partial charge in [-0.25, -0.2) is 4.52 Å². The fourth-order valence-electron chi connectivity index (χ4n) is 1.64. The molecule has 2 heterocycles. The van der Waals surface area contributed by atoms with E-state index in [1.165, 1.54) is 14.2 Å². The van der Waals surface area contributed by atoms with Crippen LogP contribution in [-0.2, 0) is 9.47 Å². The van der Waals surface area contributed by atoms with E-state index in [0.29, 0.717) is 5.56 Å². The lowest BCUT2D eigenvalue weighted by molar-refractivity contribution is -0.0974. The van der Waals surface area contributed by atoms with Gasteiger partial charge < -0.3 is 14.8 Å². The highest BCUT2D eigenvalue weighted by Crippen LogP contribution is 2.09. The van der Waals surface area contributed by atoms with Crippen molar-refractivity contribution in [3.8, 4) is 0 Å². The Morgan fingerprint density at radius 1 is 1.44 bits per heavy atom. The first-order chi connectivity index (χ1) is 8.76. The summed E-state index contributed by atoms with van der Waals surface area (Å²) in [5.41, 5.74) is 1.29. The highest BCUT2D eigenvalue weighted by atomic mass is 16.7. The van der Waals surface area contributed by atoms with E-state index in [-0.39, 0.29) is 12.5 Å². The molecule has 0 aromatic carbocycles. The van der Waals surface area contributed by atoms with Gasteiger partial charge in [-0.05, 0) is 12.1 Å². The summed E-state index contributed by atoms with van der Waals surface area (Å²) in [4.78, 5) is 12.0. The molecule has 0 atom stereocenters. The van der Waals surface area contributed by atoms with Gasteiger partial charge in [0.05, 0.1) is 23.8 Å². The van der Waals surface area contributed by atoms with Gasteiger partial charge in [-0.15, -0.1) is 0 Å². The Morgan fingerprint density at radius 3 is 2.94 bits per heavy atom. The number of hydrogen-bond acceptors (Lipinski definition) is 4. The average molecular weight is 249 g/mol. The number of ether oxygens (including phenoxy) is 2. The van der Waals surface area contributed by atoms with Gasteiger partial charge in [0.2, 0.25) is 0 Å². The maximum atomic E-state index is 12.0. The third-order valence-electron chi connectivity index (χ3n) is 2.63. The zero-order chi connectivity index (χ0) is 13.0. The van der Waals surface area contributed by atoms with Crippen LogP contribution in [0.15, 0.2) is 30.6 Å². The number of nitrogens with zero attached hydrogens (tertiary/aromatic N) is 2. The third-order valence-corrected chi connectivity index (χ3v) is 2.63. The van der Waals surface area contributed by atoms with Crippen LogP contribution in [0.25, 0.3) is 5.52 Å². The number of aromatic nitrogens is 2. The van der Waals surface area contributed by atoms with E-state index in [9.17, 15) is 4.79 Å². The lowest BCUT2D eigenvalue weighted by Crippen LogP contribution is -2.34. The van der Waals surface area contributed by atoms with Gasteiger partial charge in [0.1, 0.15) is 0 Å². The molecule has 0 radical (unpaired) electrons. The number of amides is 1. The minimum absolute atomic E-state index is 0.199. The minimum Gasteiger partial charge on any atom is -0.354 e. The lowest BCUT2D eigenvalue weighted by atomic mass is 10.2. The Balaban J connectivity index is 2.09. The third kappa shape index (κ3) is 2.49. The van der Waals surface area contributed by atoms with Crippen LogP contribution in [0.5, 0.6) is 0 Å². The molecule has 96 valence electrons. The molecule has 1 amide bonds. The van der Waals surface area contributed by atoms with Gasteiger partial charge in [0, 0.05) is 20.4 Å². The first kappa shape index (κ1) is 12.5. The molecular weight excluding hydrogens is 234 g/mol. The van der Waals surface area contributed by atoms with Crippen LogP contribution in [0.4, 0.5) is 0 Å². The van der Waals surface area contributed by atoms with E-state index in [1.807, 2.05) is 18.2 Å². The fraction of sp³-hybridized carbons (Fsp3) is 0.333. The molecule has 6 nitrogen and oxygen atoms in total. The van der Waals surface area contributed by atoms with Gasteiger partial charge in [0.15, 0.2) is 6.29 Å². The molecule has 1 N–H and O–H groups in total. The van der Waals surface area contributed by atoms with Crippen LogP contribution < -0.4 is 5.32 Å². The first-order valence-corrected chi connectivity index (χ1v) is 5.52. The van der Waals surface area contributed by atoms with Gasteiger partial charge >= 0.3 is 0 Å². The fourth-order valence-corrected chi connectivity index (χ4v) is 1.64. The molecule has 18 heavy (non-hydrogen) atoms. The SMILES string of the molecule is COC(CNC(=O)c1cnn2ccccc12)OC. The zero-order valence-corrected chi connectivity index (χ0v) is 10.3. The second kappa shape index (κ2) is 5.61. The largest absolute Gasteiger partial charge is 0.354 e. The van der Waals surface area contributed by atoms with Crippen LogP contribution in [0.1, 0.15) is 10.4 Å². The van der Waals surface area contributed by atoms with Crippen molar-refractivity contribution in [2.45, 2.75) is 6.29 Å². The normalized spacial score (nSPS) is 11.1. The molecule has 0 saturated carbocycles. The Bertz CT molecular complexity index is 534. The van der Waals surface area contributed by atoms with E-state index in [2.05, 4.69) is 10.4 Å². The van der Waals surface area contributed by atoms with Gasteiger partial charge in [-0.2, -0.15) is 5.10 Å². The summed E-state index contributed by atoms with van der Waals surface area (Å²) in [7, 11) is 3.05. The van der Waals surface area contributed by atoms with Crippen LogP contribution in [0.2, 0.25) is 0 Å². The Labute approximate surface area is 105 Å². The molecule has 2 aromatic heterocycles. The van der Waals surface area contributed by atoms with Crippen LogP contribution in [-0.4, -0.2) is 42.6 Å². The molecule has 2 rings (SSSR count). The maximum Gasteiger partial charge on any atom is 0.255 e. The minimum atomic E-state index is -0.448. The van der Waals surface area contributed by atoms with Gasteiger partial charge in [-0.1, -0.05) is 6.07 Å². The average Bonchev–Trinajstić information content (AvgIpc) is 2.83. The van der Waals surface area contributed by atoms with E-state index in [1.54, 1.807) is 16.9 Å². The van der Waals surface area contributed by atoms with Crippen LogP contribution in [0.3, 0.4) is 0 Å². The molecule has 0 aliphatic rings. The topological polar surface area (TPSA) is 64.9 Å². The number of carbonyl (C=O) groups is 1. The molecular formula is C12H15N3O3. The highest BCUT2D eigenvalue weighted by Gasteiger charge is 2.13. The smallest absolute Gasteiger partial charge is 0.255 e. The summed E-state index contributed by atoms with van der Waals surface area (Å²) in [5.74, 6) is -0.199. The van der Waals surface area contributed by atoms with Crippen molar-refractivity contribution in [3.63, 3.8) is 0 Å². The van der Waals surface area contributed by atoms with Gasteiger partial charge in [-0.3, -0.25) is 4.79 Å². The lowest BCUT2D eigenvalue weighted by Gasteiger charge is -2.13. The number of methoxy groups -OCH3 is 2. The van der Waals surface area contributed by atoms with Gasteiger partial charge in [0.25, 0.3) is 5.91 Å². The van der Waals surface area contributed by atoms with Crippen molar-refractivity contribution >= 4 is 11.4 Å². The number of fused-ring (bicyclic) bond motifs is 1. The summed E-state index contributed by atoms with van der Waals surface area (Å²) in [6.07, 6.45) is 2.88. The molecule has 6 heteroatoms. The summed E-state index contributed by atoms with van der Waals surface area (Å²) >= 11 is 0. The van der Waals surface area contributed by atoms with Crippen LogP contribution in [0, 0.1) is 0 Å². The first-order valence-electron chi connectivity index (χ1n) is 5.52. The predicted molar refractivity (Wildman–Crippen MR) is 65.3 cm³/mol. The Hall–Kier alpha value is -1.92. The van der Waals surface area contributed by atoms with Crippen molar-refractivity contribution in [2.75, 3.05) is 20.8 Å². The summed E-state index contributed by atoms with van der Waals surface area (Å²) in [6.45, 7) is 0.288. The molecule has 0 saturated heterocycles. The quantitative estimate of drug-likeness (QED) is 0.791. The molecule has 0 fully saturated rings. The van der Waals surface area contributed by atoms with E-state index >= 15 is 0 Å². The van der Waals surface area contributed by atoms with Crippen LogP contribution >= 0.6 is 0 Å². The second-order valence-electron chi connectivity index (χ2n) is 3.70. The number of rotatable bonds is 5. The van der Waals surface area contributed by atoms with Crippen molar-refractivity contribution in [2.24, 2.45) is 0 Å². The van der Waals surface area contributed by atoms with Crippen molar-refractivity contribution < 1.29 is 14.3 Å². The Kier molecular flexibility index (Phi) is 3.91. The number of hydrogen-bond donors (Lipinski definition) is 1. The molecule has 0 aliphatic heterocycles. The van der Waals surface area contributed by atoms with Crippen molar-refractivity contribution in [3.05, 3.63) is 36.2 Å². The second-order valence-corrected chi connectivity index (χ2v) is 3.70. The highest BCUT2D eigenvalue weighted by molar-refractivity contribution is 6.00. The number of carbonyl (C=O) groups excluding carboxylic acids is 1. The maximum absolute atomic E-state index is 12.0. The number of nitrogens with one attached hydrogen (secondary N) is 1. The molecule has 0 aliphatic carbocycles. The van der Waals surface area contributed by atoms with E-state index < -0.39 is 6.29 Å². The standard InChI is InChI=1S/C12H15N3O3/c1-17-11(18-2)8-13-12(16)9-7-14-15-6-4-3-5-10(9)15/h3-7,11H,8H2,1-2H3,(H,13,16). The van der Waals surface area contributed by atoms with Crippen molar-refractivity contribution in [1.29, 1.82) is 0 Å². The summed E-state index contributed by atoms with van der Waals surface area (Å²) in [5, 5.41) is 6.84. The van der Waals surface area contributed by atoms with Crippen molar-refractivity contribution in [1.82, 2.24) is 14.9 Å². The van der Waals surface area contributed by atoms with E-state index in [0.717, 1.165) is 5.52 Å². The Morgan fingerprint density at radius 2 is 2.22 bits per heavy atom. The summed E-state index contributed by atoms with van der Waals surface area (Å²) < 4.78 is 11.6. The predicted octanol–water partition coefficient (Wildman–Crippen LogP) is 0.683.